The van der Waals surface area contributed by atoms with Crippen LogP contribution in [0.1, 0.15) is 30.0 Å². The standard InChI is InChI=1S/C9H15N3.ClH/c1-7-5-11-12-9(7)8-3-2-4-10-6-8;/h5,8,10H,2-4,6H2,1H3,(H,11,12);1H. The van der Waals surface area contributed by atoms with Gasteiger partial charge in [0.15, 0.2) is 0 Å². The summed E-state index contributed by atoms with van der Waals surface area (Å²) in [6, 6.07) is 0. The molecule has 1 aromatic rings. The number of rotatable bonds is 1. The Labute approximate surface area is 84.7 Å². The van der Waals surface area contributed by atoms with Crippen molar-refractivity contribution in [3.63, 3.8) is 0 Å². The molecule has 74 valence electrons. The lowest BCUT2D eigenvalue weighted by Crippen LogP contribution is -2.28. The number of hydrogen-bond donors (Lipinski definition) is 2. The van der Waals surface area contributed by atoms with E-state index >= 15 is 0 Å². The second kappa shape index (κ2) is 4.63. The summed E-state index contributed by atoms with van der Waals surface area (Å²) in [5, 5.41) is 10.5. The van der Waals surface area contributed by atoms with Crippen molar-refractivity contribution >= 4 is 12.4 Å². The number of piperidine rings is 1. The van der Waals surface area contributed by atoms with E-state index in [2.05, 4.69) is 22.4 Å². The Kier molecular flexibility index (Phi) is 3.75. The molecule has 0 radical (unpaired) electrons. The fourth-order valence-electron chi connectivity index (χ4n) is 1.87. The Balaban J connectivity index is 0.000000845. The van der Waals surface area contributed by atoms with Crippen LogP contribution in [0.2, 0.25) is 0 Å². The first-order valence-corrected chi connectivity index (χ1v) is 4.58. The molecule has 0 bridgehead atoms. The molecule has 4 heteroatoms. The zero-order chi connectivity index (χ0) is 8.39. The second-order valence-electron chi connectivity index (χ2n) is 3.51. The molecule has 1 atom stereocenters. The topological polar surface area (TPSA) is 40.7 Å². The molecular weight excluding hydrogens is 186 g/mol. The Morgan fingerprint density at radius 2 is 2.38 bits per heavy atom. The molecular formula is C9H16ClN3. The Morgan fingerprint density at radius 3 is 2.92 bits per heavy atom. The van der Waals surface area contributed by atoms with Gasteiger partial charge in [0.1, 0.15) is 0 Å². The van der Waals surface area contributed by atoms with Crippen molar-refractivity contribution in [2.24, 2.45) is 0 Å². The Bertz CT molecular complexity index is 253. The predicted octanol–water partition coefficient (Wildman–Crippen LogP) is 1.61. The third kappa shape index (κ3) is 2.23. The summed E-state index contributed by atoms with van der Waals surface area (Å²) >= 11 is 0. The van der Waals surface area contributed by atoms with E-state index in [9.17, 15) is 0 Å². The van der Waals surface area contributed by atoms with Crippen molar-refractivity contribution in [2.45, 2.75) is 25.7 Å². The van der Waals surface area contributed by atoms with Gasteiger partial charge >= 0.3 is 0 Å². The van der Waals surface area contributed by atoms with Crippen LogP contribution in [0.15, 0.2) is 6.20 Å². The number of nitrogens with zero attached hydrogens (tertiary/aromatic N) is 1. The van der Waals surface area contributed by atoms with Crippen molar-refractivity contribution in [3.8, 4) is 0 Å². The molecule has 2 heterocycles. The van der Waals surface area contributed by atoms with Gasteiger partial charge in [-0.05, 0) is 31.9 Å². The van der Waals surface area contributed by atoms with E-state index in [1.807, 2.05) is 6.20 Å². The van der Waals surface area contributed by atoms with Crippen molar-refractivity contribution in [3.05, 3.63) is 17.5 Å². The Morgan fingerprint density at radius 1 is 1.54 bits per heavy atom. The third-order valence-corrected chi connectivity index (χ3v) is 2.57. The van der Waals surface area contributed by atoms with E-state index in [4.69, 9.17) is 0 Å². The number of nitrogens with one attached hydrogen (secondary N) is 2. The van der Waals surface area contributed by atoms with Gasteiger partial charge in [0.25, 0.3) is 0 Å². The van der Waals surface area contributed by atoms with Gasteiger partial charge in [0, 0.05) is 18.2 Å². The highest BCUT2D eigenvalue weighted by Crippen LogP contribution is 2.23. The van der Waals surface area contributed by atoms with Gasteiger partial charge in [-0.3, -0.25) is 5.10 Å². The molecule has 1 saturated heterocycles. The van der Waals surface area contributed by atoms with E-state index < -0.39 is 0 Å². The number of hydrogen-bond acceptors (Lipinski definition) is 2. The highest BCUT2D eigenvalue weighted by atomic mass is 35.5. The van der Waals surface area contributed by atoms with Gasteiger partial charge in [-0.25, -0.2) is 0 Å². The SMILES string of the molecule is Cc1cn[nH]c1C1CCCNC1.Cl. The average molecular weight is 202 g/mol. The summed E-state index contributed by atoms with van der Waals surface area (Å²) in [4.78, 5) is 0. The Hall–Kier alpha value is -0.540. The molecule has 1 aliphatic heterocycles. The van der Waals surface area contributed by atoms with Gasteiger partial charge in [0.2, 0.25) is 0 Å². The number of aryl methyl sites for hydroxylation is 1. The maximum Gasteiger partial charge on any atom is 0.0519 e. The van der Waals surface area contributed by atoms with Crippen LogP contribution >= 0.6 is 12.4 Å². The van der Waals surface area contributed by atoms with Crippen LogP contribution in [0.25, 0.3) is 0 Å². The van der Waals surface area contributed by atoms with E-state index in [0.29, 0.717) is 5.92 Å². The molecule has 0 aliphatic carbocycles. The molecule has 2 N–H and O–H groups in total. The number of H-pyrrole nitrogens is 1. The van der Waals surface area contributed by atoms with Crippen molar-refractivity contribution < 1.29 is 0 Å². The molecule has 3 nitrogen and oxygen atoms in total. The van der Waals surface area contributed by atoms with E-state index in [0.717, 1.165) is 6.54 Å². The predicted molar refractivity (Wildman–Crippen MR) is 55.4 cm³/mol. The molecule has 2 rings (SSSR count). The molecule has 0 saturated carbocycles. The normalized spacial score (nSPS) is 22.4. The first kappa shape index (κ1) is 10.5. The molecule has 1 aromatic heterocycles. The van der Waals surface area contributed by atoms with Gasteiger partial charge in [-0.15, -0.1) is 12.4 Å². The summed E-state index contributed by atoms with van der Waals surface area (Å²) in [5.41, 5.74) is 2.62. The van der Waals surface area contributed by atoms with Crippen LogP contribution in [0, 0.1) is 6.92 Å². The quantitative estimate of drug-likeness (QED) is 0.725. The van der Waals surface area contributed by atoms with Crippen molar-refractivity contribution in [2.75, 3.05) is 13.1 Å². The summed E-state index contributed by atoms with van der Waals surface area (Å²) in [6.45, 7) is 4.39. The minimum atomic E-state index is 0. The molecule has 1 fully saturated rings. The zero-order valence-corrected chi connectivity index (χ0v) is 8.66. The first-order chi connectivity index (χ1) is 5.88. The van der Waals surface area contributed by atoms with Crippen molar-refractivity contribution in [1.29, 1.82) is 0 Å². The molecule has 0 spiro atoms. The molecule has 1 aliphatic rings. The van der Waals surface area contributed by atoms with E-state index in [1.165, 1.54) is 30.6 Å². The molecule has 0 amide bonds. The number of halogens is 1. The largest absolute Gasteiger partial charge is 0.316 e. The minimum Gasteiger partial charge on any atom is -0.316 e. The third-order valence-electron chi connectivity index (χ3n) is 2.57. The lowest BCUT2D eigenvalue weighted by Gasteiger charge is -2.21. The van der Waals surface area contributed by atoms with Crippen molar-refractivity contribution in [1.82, 2.24) is 15.5 Å². The van der Waals surface area contributed by atoms with Crippen LogP contribution < -0.4 is 5.32 Å². The lowest BCUT2D eigenvalue weighted by atomic mass is 9.94. The molecule has 13 heavy (non-hydrogen) atoms. The maximum absolute atomic E-state index is 4.04. The first-order valence-electron chi connectivity index (χ1n) is 4.58. The van der Waals surface area contributed by atoms with Gasteiger partial charge < -0.3 is 5.32 Å². The summed E-state index contributed by atoms with van der Waals surface area (Å²) in [5.74, 6) is 0.654. The highest BCUT2D eigenvalue weighted by Gasteiger charge is 2.17. The maximum atomic E-state index is 4.04. The molecule has 0 aromatic carbocycles. The van der Waals surface area contributed by atoms with Gasteiger partial charge in [-0.2, -0.15) is 5.10 Å². The number of aromatic amines is 1. The number of aromatic nitrogens is 2. The monoisotopic (exact) mass is 201 g/mol. The average Bonchev–Trinajstić information content (AvgIpc) is 2.53. The highest BCUT2D eigenvalue weighted by molar-refractivity contribution is 5.85. The second-order valence-corrected chi connectivity index (χ2v) is 3.51. The van der Waals surface area contributed by atoms with Crippen LogP contribution in [0.3, 0.4) is 0 Å². The minimum absolute atomic E-state index is 0. The van der Waals surface area contributed by atoms with Gasteiger partial charge in [-0.1, -0.05) is 0 Å². The summed E-state index contributed by atoms with van der Waals surface area (Å²) in [6.07, 6.45) is 4.48. The lowest BCUT2D eigenvalue weighted by molar-refractivity contribution is 0.453. The van der Waals surface area contributed by atoms with E-state index in [-0.39, 0.29) is 12.4 Å². The smallest absolute Gasteiger partial charge is 0.0519 e. The van der Waals surface area contributed by atoms with Crippen LogP contribution in [-0.2, 0) is 0 Å². The molecule has 1 unspecified atom stereocenters. The van der Waals surface area contributed by atoms with Crippen LogP contribution in [0.4, 0.5) is 0 Å². The van der Waals surface area contributed by atoms with E-state index in [1.54, 1.807) is 0 Å². The van der Waals surface area contributed by atoms with Gasteiger partial charge in [0.05, 0.1) is 6.20 Å². The fourth-order valence-corrected chi connectivity index (χ4v) is 1.87. The summed E-state index contributed by atoms with van der Waals surface area (Å²) in [7, 11) is 0. The zero-order valence-electron chi connectivity index (χ0n) is 7.84. The fraction of sp³-hybridized carbons (Fsp3) is 0.667. The van der Waals surface area contributed by atoms with Crippen LogP contribution in [-0.4, -0.2) is 23.3 Å². The summed E-state index contributed by atoms with van der Waals surface area (Å²) < 4.78 is 0. The van der Waals surface area contributed by atoms with Crippen LogP contribution in [0.5, 0.6) is 0 Å².